The van der Waals surface area contributed by atoms with Gasteiger partial charge in [0.05, 0.1) is 5.75 Å². The summed E-state index contributed by atoms with van der Waals surface area (Å²) >= 11 is 0. The molecule has 0 atom stereocenters. The molecule has 1 aliphatic heterocycles. The lowest BCUT2D eigenvalue weighted by atomic mass is 10.1. The monoisotopic (exact) mass is 268 g/mol. The van der Waals surface area contributed by atoms with Crippen molar-refractivity contribution in [3.63, 3.8) is 0 Å². The predicted molar refractivity (Wildman–Crippen MR) is 74.7 cm³/mol. The van der Waals surface area contributed by atoms with Gasteiger partial charge in [-0.3, -0.25) is 0 Å². The van der Waals surface area contributed by atoms with Crippen LogP contribution in [-0.4, -0.2) is 39.6 Å². The summed E-state index contributed by atoms with van der Waals surface area (Å²) in [6, 6.07) is 8.19. The first-order valence-electron chi connectivity index (χ1n) is 6.36. The van der Waals surface area contributed by atoms with Crippen LogP contribution in [0.15, 0.2) is 24.3 Å². The third kappa shape index (κ3) is 3.23. The molecule has 1 aliphatic rings. The molecule has 0 fully saturated rings. The van der Waals surface area contributed by atoms with Gasteiger partial charge >= 0.3 is 0 Å². The van der Waals surface area contributed by atoms with Crippen molar-refractivity contribution in [2.75, 3.05) is 36.0 Å². The smallest absolute Gasteiger partial charge is 0.151 e. The van der Waals surface area contributed by atoms with Crippen molar-refractivity contribution in [3.8, 4) is 0 Å². The average Bonchev–Trinajstić information content (AvgIpc) is 2.59. The molecule has 1 aromatic carbocycles. The number of anilines is 1. The molecule has 0 aliphatic carbocycles. The van der Waals surface area contributed by atoms with Crippen LogP contribution >= 0.6 is 0 Å². The molecule has 0 unspecified atom stereocenters. The van der Waals surface area contributed by atoms with Gasteiger partial charge in [-0.1, -0.05) is 25.1 Å². The molecule has 0 radical (unpaired) electrons. The van der Waals surface area contributed by atoms with E-state index in [4.69, 9.17) is 0 Å². The average molecular weight is 268 g/mol. The Morgan fingerprint density at radius 2 is 2.11 bits per heavy atom. The number of sulfone groups is 1. The maximum atomic E-state index is 11.6. The highest BCUT2D eigenvalue weighted by Gasteiger charge is 2.16. The molecule has 0 spiro atoms. The summed E-state index contributed by atoms with van der Waals surface area (Å²) in [5, 5.41) is 3.35. The van der Waals surface area contributed by atoms with E-state index >= 15 is 0 Å². The molecule has 0 saturated carbocycles. The number of rotatable bonds is 4. The summed E-state index contributed by atoms with van der Waals surface area (Å²) in [6.45, 7) is 4.88. The maximum absolute atomic E-state index is 11.6. The Bertz CT molecular complexity index is 499. The van der Waals surface area contributed by atoms with Crippen molar-refractivity contribution in [1.82, 2.24) is 5.32 Å². The molecule has 18 heavy (non-hydrogen) atoms. The standard InChI is InChI=1S/C13H20N2O2S/c1-2-18(16,17)10-9-15-8-7-14-11-12-5-3-4-6-13(12)15/h3-6,14H,2,7-11H2,1H3. The summed E-state index contributed by atoms with van der Waals surface area (Å²) in [5.41, 5.74) is 2.40. The van der Waals surface area contributed by atoms with Gasteiger partial charge in [0, 0.05) is 37.6 Å². The summed E-state index contributed by atoms with van der Waals surface area (Å²) in [7, 11) is -2.90. The van der Waals surface area contributed by atoms with Crippen LogP contribution in [-0.2, 0) is 16.4 Å². The highest BCUT2D eigenvalue weighted by Crippen LogP contribution is 2.21. The van der Waals surface area contributed by atoms with Gasteiger partial charge in [-0.15, -0.1) is 0 Å². The normalized spacial score (nSPS) is 16.2. The zero-order valence-corrected chi connectivity index (χ0v) is 11.5. The first-order chi connectivity index (χ1) is 8.62. The summed E-state index contributed by atoms with van der Waals surface area (Å²) in [6.07, 6.45) is 0. The van der Waals surface area contributed by atoms with Crippen LogP contribution < -0.4 is 10.2 Å². The van der Waals surface area contributed by atoms with Gasteiger partial charge in [0.2, 0.25) is 0 Å². The molecule has 2 rings (SSSR count). The van der Waals surface area contributed by atoms with Gasteiger partial charge in [0.15, 0.2) is 9.84 Å². The minimum Gasteiger partial charge on any atom is -0.369 e. The number of nitrogens with one attached hydrogen (secondary N) is 1. The molecule has 1 aromatic rings. The molecular weight excluding hydrogens is 248 g/mol. The Labute approximate surface area is 109 Å². The quantitative estimate of drug-likeness (QED) is 0.886. The van der Waals surface area contributed by atoms with E-state index < -0.39 is 9.84 Å². The molecule has 1 N–H and O–H groups in total. The Hall–Kier alpha value is -1.07. The van der Waals surface area contributed by atoms with E-state index in [9.17, 15) is 8.42 Å². The zero-order chi connectivity index (χ0) is 13.0. The fraction of sp³-hybridized carbons (Fsp3) is 0.538. The molecule has 0 saturated heterocycles. The zero-order valence-electron chi connectivity index (χ0n) is 10.7. The maximum Gasteiger partial charge on any atom is 0.151 e. The highest BCUT2D eigenvalue weighted by molar-refractivity contribution is 7.91. The Balaban J connectivity index is 2.13. The van der Waals surface area contributed by atoms with E-state index in [1.54, 1.807) is 6.92 Å². The second-order valence-corrected chi connectivity index (χ2v) is 7.00. The molecular formula is C13H20N2O2S. The van der Waals surface area contributed by atoms with Gasteiger partial charge < -0.3 is 10.2 Å². The van der Waals surface area contributed by atoms with Crippen LogP contribution in [0.25, 0.3) is 0 Å². The second kappa shape index (κ2) is 5.71. The number of para-hydroxylation sites is 1. The third-order valence-corrected chi connectivity index (χ3v) is 5.00. The fourth-order valence-electron chi connectivity index (χ4n) is 2.15. The van der Waals surface area contributed by atoms with Crippen molar-refractivity contribution < 1.29 is 8.42 Å². The van der Waals surface area contributed by atoms with Crippen molar-refractivity contribution in [2.24, 2.45) is 0 Å². The van der Waals surface area contributed by atoms with E-state index in [1.807, 2.05) is 12.1 Å². The molecule has 0 amide bonds. The number of hydrogen-bond acceptors (Lipinski definition) is 4. The van der Waals surface area contributed by atoms with Crippen LogP contribution in [0.3, 0.4) is 0 Å². The molecule has 0 bridgehead atoms. The Kier molecular flexibility index (Phi) is 4.24. The van der Waals surface area contributed by atoms with Gasteiger partial charge in [-0.25, -0.2) is 8.42 Å². The Morgan fingerprint density at radius 3 is 2.89 bits per heavy atom. The Morgan fingerprint density at radius 1 is 1.33 bits per heavy atom. The fourth-order valence-corrected chi connectivity index (χ4v) is 2.94. The topological polar surface area (TPSA) is 49.4 Å². The van der Waals surface area contributed by atoms with Crippen LogP contribution in [0.4, 0.5) is 5.69 Å². The van der Waals surface area contributed by atoms with Crippen molar-refractivity contribution in [1.29, 1.82) is 0 Å². The molecule has 0 aromatic heterocycles. The molecule has 1 heterocycles. The van der Waals surface area contributed by atoms with Crippen LogP contribution in [0.2, 0.25) is 0 Å². The van der Waals surface area contributed by atoms with E-state index in [-0.39, 0.29) is 11.5 Å². The van der Waals surface area contributed by atoms with E-state index in [0.717, 1.165) is 25.3 Å². The van der Waals surface area contributed by atoms with Gasteiger partial charge in [0.25, 0.3) is 0 Å². The van der Waals surface area contributed by atoms with E-state index in [1.165, 1.54) is 5.56 Å². The number of benzene rings is 1. The van der Waals surface area contributed by atoms with Gasteiger partial charge in [0.1, 0.15) is 0 Å². The molecule has 5 heteroatoms. The van der Waals surface area contributed by atoms with Gasteiger partial charge in [-0.2, -0.15) is 0 Å². The highest BCUT2D eigenvalue weighted by atomic mass is 32.2. The van der Waals surface area contributed by atoms with Crippen LogP contribution in [0.1, 0.15) is 12.5 Å². The van der Waals surface area contributed by atoms with E-state index in [0.29, 0.717) is 6.54 Å². The SMILES string of the molecule is CCS(=O)(=O)CCN1CCNCc2ccccc21. The molecule has 100 valence electrons. The first-order valence-corrected chi connectivity index (χ1v) is 8.18. The predicted octanol–water partition coefficient (Wildman–Crippen LogP) is 1.03. The largest absolute Gasteiger partial charge is 0.369 e. The van der Waals surface area contributed by atoms with Crippen LogP contribution in [0.5, 0.6) is 0 Å². The van der Waals surface area contributed by atoms with Crippen LogP contribution in [0, 0.1) is 0 Å². The summed E-state index contributed by atoms with van der Waals surface area (Å²) < 4.78 is 23.2. The van der Waals surface area contributed by atoms with Crippen molar-refractivity contribution in [3.05, 3.63) is 29.8 Å². The summed E-state index contributed by atoms with van der Waals surface area (Å²) in [4.78, 5) is 2.17. The van der Waals surface area contributed by atoms with Crippen molar-refractivity contribution in [2.45, 2.75) is 13.5 Å². The lowest BCUT2D eigenvalue weighted by molar-refractivity contribution is 0.595. The molecule has 4 nitrogen and oxygen atoms in total. The minimum atomic E-state index is -2.90. The number of fused-ring (bicyclic) bond motifs is 1. The number of hydrogen-bond donors (Lipinski definition) is 1. The third-order valence-electron chi connectivity index (χ3n) is 3.32. The summed E-state index contributed by atoms with van der Waals surface area (Å²) in [5.74, 6) is 0.457. The van der Waals surface area contributed by atoms with Gasteiger partial charge in [-0.05, 0) is 11.6 Å². The lowest BCUT2D eigenvalue weighted by Crippen LogP contribution is -2.33. The second-order valence-electron chi connectivity index (χ2n) is 4.53. The van der Waals surface area contributed by atoms with Crippen molar-refractivity contribution >= 4 is 15.5 Å². The number of nitrogens with zero attached hydrogens (tertiary/aromatic N) is 1. The van der Waals surface area contributed by atoms with E-state index in [2.05, 4.69) is 22.3 Å². The lowest BCUT2D eigenvalue weighted by Gasteiger charge is -2.24. The minimum absolute atomic E-state index is 0.223. The first kappa shape index (κ1) is 13.4.